The van der Waals surface area contributed by atoms with E-state index in [0.29, 0.717) is 16.3 Å². The smallest absolute Gasteiger partial charge is 0.257 e. The first-order chi connectivity index (χ1) is 9.47. The van der Waals surface area contributed by atoms with E-state index in [4.69, 9.17) is 11.6 Å². The molecular weight excluding hydrogens is 274 g/mol. The van der Waals surface area contributed by atoms with Crippen LogP contribution in [0.4, 0.5) is 11.5 Å². The molecule has 2 rings (SSSR count). The minimum atomic E-state index is -0.228. The van der Waals surface area contributed by atoms with Crippen LogP contribution in [0.3, 0.4) is 0 Å². The molecular formula is C15H16ClN3O. The number of carbonyl (C=O) groups excluding carboxylic acids is 1. The summed E-state index contributed by atoms with van der Waals surface area (Å²) in [5.74, 6) is 0.573. The van der Waals surface area contributed by atoms with Crippen molar-refractivity contribution in [2.75, 3.05) is 24.3 Å². The predicted octanol–water partition coefficient (Wildman–Crippen LogP) is 3.36. The van der Waals surface area contributed by atoms with Gasteiger partial charge in [-0.15, -0.1) is 0 Å². The summed E-state index contributed by atoms with van der Waals surface area (Å²) < 4.78 is 0. The summed E-state index contributed by atoms with van der Waals surface area (Å²) in [5, 5.41) is 3.30. The molecule has 0 bridgehead atoms. The number of halogens is 1. The Balaban J connectivity index is 2.15. The zero-order valence-corrected chi connectivity index (χ0v) is 12.4. The summed E-state index contributed by atoms with van der Waals surface area (Å²) in [6.07, 6.45) is 1.55. The highest BCUT2D eigenvalue weighted by molar-refractivity contribution is 6.34. The Labute approximate surface area is 123 Å². The van der Waals surface area contributed by atoms with Gasteiger partial charge in [0.2, 0.25) is 0 Å². The highest BCUT2D eigenvalue weighted by Gasteiger charge is 2.09. The molecule has 2 aromatic rings. The van der Waals surface area contributed by atoms with Gasteiger partial charge in [-0.1, -0.05) is 17.7 Å². The molecule has 0 aliphatic rings. The van der Waals surface area contributed by atoms with Crippen LogP contribution in [0.25, 0.3) is 0 Å². The number of hydrogen-bond acceptors (Lipinski definition) is 3. The van der Waals surface area contributed by atoms with E-state index in [2.05, 4.69) is 10.3 Å². The standard InChI is InChI=1S/C15H16ClN3O/c1-10-4-6-13(12(16)8-10)18-15(20)11-5-7-14(17-9-11)19(2)3/h4-9H,1-3H3,(H,18,20). The Morgan fingerprint density at radius 1 is 1.25 bits per heavy atom. The van der Waals surface area contributed by atoms with Crippen molar-refractivity contribution in [3.8, 4) is 0 Å². The molecule has 4 nitrogen and oxygen atoms in total. The highest BCUT2D eigenvalue weighted by atomic mass is 35.5. The molecule has 0 saturated carbocycles. The van der Waals surface area contributed by atoms with E-state index < -0.39 is 0 Å². The van der Waals surface area contributed by atoms with Gasteiger partial charge in [0.05, 0.1) is 16.3 Å². The molecule has 20 heavy (non-hydrogen) atoms. The van der Waals surface area contributed by atoms with Gasteiger partial charge in [0.25, 0.3) is 5.91 Å². The third-order valence-electron chi connectivity index (χ3n) is 2.84. The fourth-order valence-electron chi connectivity index (χ4n) is 1.70. The van der Waals surface area contributed by atoms with Crippen LogP contribution in [0.15, 0.2) is 36.5 Å². The van der Waals surface area contributed by atoms with Gasteiger partial charge < -0.3 is 10.2 Å². The minimum absolute atomic E-state index is 0.228. The highest BCUT2D eigenvalue weighted by Crippen LogP contribution is 2.23. The first kappa shape index (κ1) is 14.3. The second-order valence-corrected chi connectivity index (χ2v) is 5.14. The molecule has 1 amide bonds. The number of aromatic nitrogens is 1. The van der Waals surface area contributed by atoms with Crippen LogP contribution in [0.2, 0.25) is 5.02 Å². The van der Waals surface area contributed by atoms with Gasteiger partial charge in [0.15, 0.2) is 0 Å². The Morgan fingerprint density at radius 2 is 2.00 bits per heavy atom. The fourth-order valence-corrected chi connectivity index (χ4v) is 1.98. The number of amides is 1. The average molecular weight is 290 g/mol. The minimum Gasteiger partial charge on any atom is -0.363 e. The van der Waals surface area contributed by atoms with Crippen molar-refractivity contribution in [1.82, 2.24) is 4.98 Å². The van der Waals surface area contributed by atoms with Crippen LogP contribution in [0, 0.1) is 6.92 Å². The molecule has 0 fully saturated rings. The van der Waals surface area contributed by atoms with Crippen LogP contribution >= 0.6 is 11.6 Å². The van der Waals surface area contributed by atoms with Crippen LogP contribution in [-0.2, 0) is 0 Å². The number of pyridine rings is 1. The molecule has 1 heterocycles. The number of anilines is 2. The third-order valence-corrected chi connectivity index (χ3v) is 3.15. The van der Waals surface area contributed by atoms with Crippen molar-refractivity contribution in [1.29, 1.82) is 0 Å². The normalized spacial score (nSPS) is 10.2. The van der Waals surface area contributed by atoms with Gasteiger partial charge in [-0.05, 0) is 36.8 Å². The molecule has 1 aromatic carbocycles. The maximum absolute atomic E-state index is 12.1. The maximum atomic E-state index is 12.1. The lowest BCUT2D eigenvalue weighted by molar-refractivity contribution is 0.102. The second kappa shape index (κ2) is 5.92. The first-order valence-corrected chi connectivity index (χ1v) is 6.56. The monoisotopic (exact) mass is 289 g/mol. The molecule has 0 atom stereocenters. The molecule has 1 N–H and O–H groups in total. The number of nitrogens with one attached hydrogen (secondary N) is 1. The van der Waals surface area contributed by atoms with E-state index in [-0.39, 0.29) is 5.91 Å². The van der Waals surface area contributed by atoms with E-state index in [9.17, 15) is 4.79 Å². The van der Waals surface area contributed by atoms with Gasteiger partial charge in [0.1, 0.15) is 5.82 Å². The first-order valence-electron chi connectivity index (χ1n) is 6.18. The molecule has 0 aliphatic carbocycles. The Hall–Kier alpha value is -2.07. The Morgan fingerprint density at radius 3 is 2.55 bits per heavy atom. The Kier molecular flexibility index (Phi) is 4.25. The zero-order valence-electron chi connectivity index (χ0n) is 11.6. The molecule has 0 aliphatic heterocycles. The topological polar surface area (TPSA) is 45.2 Å². The lowest BCUT2D eigenvalue weighted by Gasteiger charge is -2.11. The van der Waals surface area contributed by atoms with Gasteiger partial charge in [-0.2, -0.15) is 0 Å². The molecule has 0 radical (unpaired) electrons. The molecule has 0 saturated heterocycles. The largest absolute Gasteiger partial charge is 0.363 e. The number of nitrogens with zero attached hydrogens (tertiary/aromatic N) is 2. The van der Waals surface area contributed by atoms with Crippen molar-refractivity contribution in [2.24, 2.45) is 0 Å². The van der Waals surface area contributed by atoms with E-state index in [0.717, 1.165) is 11.4 Å². The molecule has 1 aromatic heterocycles. The molecule has 104 valence electrons. The predicted molar refractivity (Wildman–Crippen MR) is 82.7 cm³/mol. The Bertz CT molecular complexity index is 624. The number of hydrogen-bond donors (Lipinski definition) is 1. The van der Waals surface area contributed by atoms with Crippen LogP contribution in [-0.4, -0.2) is 25.0 Å². The zero-order chi connectivity index (χ0) is 14.7. The van der Waals surface area contributed by atoms with Crippen molar-refractivity contribution in [3.63, 3.8) is 0 Å². The maximum Gasteiger partial charge on any atom is 0.257 e. The van der Waals surface area contributed by atoms with Crippen molar-refractivity contribution < 1.29 is 4.79 Å². The second-order valence-electron chi connectivity index (χ2n) is 4.74. The van der Waals surface area contributed by atoms with Gasteiger partial charge >= 0.3 is 0 Å². The fraction of sp³-hybridized carbons (Fsp3) is 0.200. The quantitative estimate of drug-likeness (QED) is 0.942. The lowest BCUT2D eigenvalue weighted by Crippen LogP contribution is -2.14. The lowest BCUT2D eigenvalue weighted by atomic mass is 10.2. The molecule has 0 spiro atoms. The van der Waals surface area contributed by atoms with Crippen LogP contribution in [0.5, 0.6) is 0 Å². The van der Waals surface area contributed by atoms with E-state index in [1.54, 1.807) is 24.4 Å². The van der Waals surface area contributed by atoms with Gasteiger partial charge in [-0.25, -0.2) is 4.98 Å². The van der Waals surface area contributed by atoms with E-state index in [1.165, 1.54) is 0 Å². The summed E-state index contributed by atoms with van der Waals surface area (Å²) in [6, 6.07) is 9.03. The molecule has 5 heteroatoms. The summed E-state index contributed by atoms with van der Waals surface area (Å²) in [7, 11) is 3.79. The van der Waals surface area contributed by atoms with E-state index in [1.807, 2.05) is 38.1 Å². The van der Waals surface area contributed by atoms with Crippen LogP contribution < -0.4 is 10.2 Å². The van der Waals surface area contributed by atoms with E-state index >= 15 is 0 Å². The van der Waals surface area contributed by atoms with Crippen molar-refractivity contribution >= 4 is 29.0 Å². The van der Waals surface area contributed by atoms with Gasteiger partial charge in [-0.3, -0.25) is 4.79 Å². The number of benzene rings is 1. The number of carbonyl (C=O) groups is 1. The van der Waals surface area contributed by atoms with Crippen molar-refractivity contribution in [2.45, 2.75) is 6.92 Å². The van der Waals surface area contributed by atoms with Gasteiger partial charge in [0, 0.05) is 20.3 Å². The third kappa shape index (κ3) is 3.27. The average Bonchev–Trinajstić information content (AvgIpc) is 2.42. The summed E-state index contributed by atoms with van der Waals surface area (Å²) in [4.78, 5) is 18.2. The number of rotatable bonds is 3. The molecule has 0 unspecified atom stereocenters. The SMILES string of the molecule is Cc1ccc(NC(=O)c2ccc(N(C)C)nc2)c(Cl)c1. The summed E-state index contributed by atoms with van der Waals surface area (Å²) in [5.41, 5.74) is 2.14. The summed E-state index contributed by atoms with van der Waals surface area (Å²) in [6.45, 7) is 1.95. The summed E-state index contributed by atoms with van der Waals surface area (Å²) >= 11 is 6.09. The van der Waals surface area contributed by atoms with Crippen LogP contribution in [0.1, 0.15) is 15.9 Å². The van der Waals surface area contributed by atoms with Crippen molar-refractivity contribution in [3.05, 3.63) is 52.7 Å². The number of aryl methyl sites for hydroxylation is 1.